The maximum Gasteiger partial charge on any atom is 0.335 e. The molecule has 0 aromatic carbocycles. The van der Waals surface area contributed by atoms with Crippen LogP contribution in [-0.4, -0.2) is 62.8 Å². The van der Waals surface area contributed by atoms with Gasteiger partial charge in [0.1, 0.15) is 12.5 Å². The standard InChI is InChI=1S/C13H20O5.C5H8O2.C4H5ClO2/c1-4-6-7-18-13(15)11(3)10-16-8-9-17-12(14)5-2;1-3-5(6)7-4-2;1-2-7-4(6)3-5/h5H,2-4,6-10H2,1H3;3H,1,4H2,2H3;2H,1,3H2. The molecule has 0 saturated carbocycles. The van der Waals surface area contributed by atoms with Gasteiger partial charge in [-0.05, 0) is 13.3 Å². The number of hydrogen-bond donors (Lipinski definition) is 0. The quantitative estimate of drug-likeness (QED) is 0.0929. The molecule has 0 radical (unpaired) electrons. The Hall–Kier alpha value is -2.91. The smallest absolute Gasteiger partial charge is 0.335 e. The number of alkyl halides is 1. The first kappa shape index (κ1) is 33.7. The van der Waals surface area contributed by atoms with E-state index < -0.39 is 17.9 Å². The molecule has 0 aliphatic heterocycles. The third kappa shape index (κ3) is 27.1. The van der Waals surface area contributed by atoms with Crippen molar-refractivity contribution in [2.45, 2.75) is 26.7 Å². The summed E-state index contributed by atoms with van der Waals surface area (Å²) in [5.74, 6) is -1.91. The van der Waals surface area contributed by atoms with Crippen molar-refractivity contribution in [3.8, 4) is 0 Å². The number of hydrogen-bond acceptors (Lipinski definition) is 9. The average Bonchev–Trinajstić information content (AvgIpc) is 2.79. The van der Waals surface area contributed by atoms with E-state index in [-0.39, 0.29) is 37.2 Å². The van der Waals surface area contributed by atoms with E-state index in [0.717, 1.165) is 31.3 Å². The van der Waals surface area contributed by atoms with Gasteiger partial charge in [0.2, 0.25) is 0 Å². The molecular formula is C22H33ClO9. The van der Waals surface area contributed by atoms with E-state index in [1.807, 2.05) is 6.92 Å². The van der Waals surface area contributed by atoms with Crippen LogP contribution in [0.15, 0.2) is 50.3 Å². The molecule has 0 N–H and O–H groups in total. The first-order chi connectivity index (χ1) is 15.2. The molecule has 0 atom stereocenters. The van der Waals surface area contributed by atoms with E-state index in [0.29, 0.717) is 13.2 Å². The highest BCUT2D eigenvalue weighted by Crippen LogP contribution is 1.98. The number of esters is 4. The summed E-state index contributed by atoms with van der Waals surface area (Å²) in [6.45, 7) is 18.1. The van der Waals surface area contributed by atoms with Crippen LogP contribution in [0, 0.1) is 0 Å². The minimum atomic E-state index is -0.503. The van der Waals surface area contributed by atoms with Gasteiger partial charge in [0.05, 0.1) is 38.3 Å². The van der Waals surface area contributed by atoms with Crippen molar-refractivity contribution in [2.75, 3.05) is 38.9 Å². The largest absolute Gasteiger partial charge is 0.463 e. The number of rotatable bonds is 14. The van der Waals surface area contributed by atoms with Gasteiger partial charge in [0.25, 0.3) is 0 Å². The molecular weight excluding hydrogens is 444 g/mol. The van der Waals surface area contributed by atoms with Crippen LogP contribution >= 0.6 is 11.6 Å². The summed E-state index contributed by atoms with van der Waals surface area (Å²) in [5.41, 5.74) is 0.251. The molecule has 0 amide bonds. The van der Waals surface area contributed by atoms with Crippen LogP contribution in [-0.2, 0) is 42.9 Å². The van der Waals surface area contributed by atoms with Crippen LogP contribution < -0.4 is 0 Å². The molecule has 0 saturated heterocycles. The van der Waals surface area contributed by atoms with Gasteiger partial charge in [-0.3, -0.25) is 4.79 Å². The van der Waals surface area contributed by atoms with E-state index in [4.69, 9.17) is 21.1 Å². The van der Waals surface area contributed by atoms with Crippen LogP contribution in [0.25, 0.3) is 0 Å². The van der Waals surface area contributed by atoms with Crippen molar-refractivity contribution in [1.29, 1.82) is 0 Å². The van der Waals surface area contributed by atoms with Crippen LogP contribution in [0.3, 0.4) is 0 Å². The van der Waals surface area contributed by atoms with E-state index >= 15 is 0 Å². The van der Waals surface area contributed by atoms with Crippen LogP contribution in [0.2, 0.25) is 0 Å². The van der Waals surface area contributed by atoms with E-state index in [9.17, 15) is 19.2 Å². The highest BCUT2D eigenvalue weighted by atomic mass is 35.5. The molecule has 0 aromatic heterocycles. The Balaban J connectivity index is -0.000000491. The van der Waals surface area contributed by atoms with E-state index in [2.05, 4.69) is 40.5 Å². The molecule has 0 fully saturated rings. The van der Waals surface area contributed by atoms with Crippen molar-refractivity contribution in [2.24, 2.45) is 0 Å². The SMILES string of the molecule is C=CC(=O)OCC.C=CC(=O)OCCOCC(=C)C(=O)OCCCC.C=COC(=O)CCl. The zero-order valence-electron chi connectivity index (χ0n) is 18.8. The van der Waals surface area contributed by atoms with Crippen LogP contribution in [0.4, 0.5) is 0 Å². The first-order valence-corrected chi connectivity index (χ1v) is 10.1. The third-order valence-electron chi connectivity index (χ3n) is 2.71. The second-order valence-electron chi connectivity index (χ2n) is 5.26. The zero-order chi connectivity index (χ0) is 25.2. The average molecular weight is 477 g/mol. The number of halogens is 1. The minimum absolute atomic E-state index is 0.0661. The number of unbranched alkanes of at least 4 members (excludes halogenated alkanes) is 1. The molecule has 0 spiro atoms. The van der Waals surface area contributed by atoms with Gasteiger partial charge in [0.15, 0.2) is 0 Å². The Morgan fingerprint density at radius 2 is 1.47 bits per heavy atom. The van der Waals surface area contributed by atoms with Crippen LogP contribution in [0.1, 0.15) is 26.7 Å². The molecule has 9 nitrogen and oxygen atoms in total. The lowest BCUT2D eigenvalue weighted by atomic mass is 10.3. The second kappa shape index (κ2) is 26.1. The van der Waals surface area contributed by atoms with Crippen molar-refractivity contribution in [3.63, 3.8) is 0 Å². The molecule has 0 aliphatic carbocycles. The van der Waals surface area contributed by atoms with E-state index in [1.54, 1.807) is 6.92 Å². The fourth-order valence-electron chi connectivity index (χ4n) is 1.25. The fraction of sp³-hybridized carbons (Fsp3) is 0.455. The lowest BCUT2D eigenvalue weighted by Crippen LogP contribution is -2.15. The summed E-state index contributed by atoms with van der Waals surface area (Å²) in [6.07, 6.45) is 5.06. The topological polar surface area (TPSA) is 114 Å². The lowest BCUT2D eigenvalue weighted by molar-refractivity contribution is -0.141. The predicted octanol–water partition coefficient (Wildman–Crippen LogP) is 3.28. The Kier molecular flexibility index (Phi) is 27.5. The van der Waals surface area contributed by atoms with Gasteiger partial charge in [-0.25, -0.2) is 14.4 Å². The molecule has 0 heterocycles. The predicted molar refractivity (Wildman–Crippen MR) is 121 cm³/mol. The van der Waals surface area contributed by atoms with Crippen molar-refractivity contribution in [1.82, 2.24) is 0 Å². The molecule has 0 rings (SSSR count). The Morgan fingerprint density at radius 1 is 0.875 bits per heavy atom. The maximum atomic E-state index is 11.3. The van der Waals surface area contributed by atoms with Gasteiger partial charge >= 0.3 is 23.9 Å². The van der Waals surface area contributed by atoms with Gasteiger partial charge in [-0.2, -0.15) is 0 Å². The monoisotopic (exact) mass is 476 g/mol. The normalized spacial score (nSPS) is 8.72. The lowest BCUT2D eigenvalue weighted by Gasteiger charge is -2.07. The van der Waals surface area contributed by atoms with E-state index in [1.165, 1.54) is 0 Å². The number of carbonyl (C=O) groups is 4. The summed E-state index contributed by atoms with van der Waals surface area (Å²) in [5, 5.41) is 0. The summed E-state index contributed by atoms with van der Waals surface area (Å²) >= 11 is 5.01. The summed E-state index contributed by atoms with van der Waals surface area (Å²) in [6, 6.07) is 0. The van der Waals surface area contributed by atoms with Gasteiger partial charge < -0.3 is 23.7 Å². The van der Waals surface area contributed by atoms with Gasteiger partial charge in [-0.15, -0.1) is 11.6 Å². The Labute approximate surface area is 194 Å². The fourth-order valence-corrected chi connectivity index (χ4v) is 1.31. The highest BCUT2D eigenvalue weighted by molar-refractivity contribution is 6.26. The van der Waals surface area contributed by atoms with Crippen molar-refractivity contribution < 1.29 is 42.9 Å². The van der Waals surface area contributed by atoms with Crippen LogP contribution in [0.5, 0.6) is 0 Å². The summed E-state index contributed by atoms with van der Waals surface area (Å²) < 4.78 is 23.3. The third-order valence-corrected chi connectivity index (χ3v) is 2.93. The summed E-state index contributed by atoms with van der Waals surface area (Å²) in [4.78, 5) is 42.1. The number of carbonyl (C=O) groups excluding carboxylic acids is 4. The molecule has 0 aromatic rings. The molecule has 0 unspecified atom stereocenters. The molecule has 0 aliphatic rings. The molecule has 32 heavy (non-hydrogen) atoms. The van der Waals surface area contributed by atoms with Crippen molar-refractivity contribution >= 4 is 35.5 Å². The molecule has 182 valence electrons. The minimum Gasteiger partial charge on any atom is -0.463 e. The summed E-state index contributed by atoms with van der Waals surface area (Å²) in [7, 11) is 0. The number of ether oxygens (including phenoxy) is 5. The Morgan fingerprint density at radius 3 is 1.88 bits per heavy atom. The zero-order valence-corrected chi connectivity index (χ0v) is 19.5. The highest BCUT2D eigenvalue weighted by Gasteiger charge is 2.08. The van der Waals surface area contributed by atoms with Crippen molar-refractivity contribution in [3.05, 3.63) is 50.3 Å². The molecule has 0 bridgehead atoms. The Bertz CT molecular complexity index is 600. The first-order valence-electron chi connectivity index (χ1n) is 9.61. The van der Waals surface area contributed by atoms with Gasteiger partial charge in [-0.1, -0.05) is 39.7 Å². The van der Waals surface area contributed by atoms with Gasteiger partial charge in [0, 0.05) is 12.2 Å². The maximum absolute atomic E-state index is 11.3. The second-order valence-corrected chi connectivity index (χ2v) is 5.53. The molecule has 10 heteroatoms.